The number of rotatable bonds is 6. The fourth-order valence-electron chi connectivity index (χ4n) is 1.05. The molecular weight excluding hydrogens is 154 g/mol. The van der Waals surface area contributed by atoms with E-state index in [4.69, 9.17) is 0 Å². The van der Waals surface area contributed by atoms with Crippen molar-refractivity contribution in [3.63, 3.8) is 0 Å². The SMILES string of the molecule is CCCN[C@@H](CCC)C(=O)OC. The quantitative estimate of drug-likeness (QED) is 0.616. The van der Waals surface area contributed by atoms with Crippen LogP contribution in [0.2, 0.25) is 0 Å². The van der Waals surface area contributed by atoms with E-state index in [9.17, 15) is 4.79 Å². The van der Waals surface area contributed by atoms with Crippen molar-refractivity contribution in [3.8, 4) is 0 Å². The summed E-state index contributed by atoms with van der Waals surface area (Å²) in [5.74, 6) is -0.148. The summed E-state index contributed by atoms with van der Waals surface area (Å²) in [6.07, 6.45) is 2.89. The second-order valence-electron chi connectivity index (χ2n) is 2.82. The maximum Gasteiger partial charge on any atom is 0.322 e. The van der Waals surface area contributed by atoms with E-state index >= 15 is 0 Å². The molecule has 12 heavy (non-hydrogen) atoms. The second kappa shape index (κ2) is 7.10. The predicted octanol–water partition coefficient (Wildman–Crippen LogP) is 1.33. The Morgan fingerprint density at radius 1 is 1.42 bits per heavy atom. The normalized spacial score (nSPS) is 12.6. The zero-order valence-corrected chi connectivity index (χ0v) is 8.22. The lowest BCUT2D eigenvalue weighted by molar-refractivity contribution is -0.143. The smallest absolute Gasteiger partial charge is 0.322 e. The topological polar surface area (TPSA) is 38.3 Å². The van der Waals surface area contributed by atoms with Gasteiger partial charge in [0.1, 0.15) is 6.04 Å². The van der Waals surface area contributed by atoms with E-state index in [-0.39, 0.29) is 12.0 Å². The molecule has 0 fully saturated rings. The van der Waals surface area contributed by atoms with Crippen LogP contribution in [-0.2, 0) is 9.53 Å². The van der Waals surface area contributed by atoms with Crippen molar-refractivity contribution in [2.45, 2.75) is 39.2 Å². The molecule has 0 saturated carbocycles. The Labute approximate surface area is 74.5 Å². The molecule has 0 aliphatic heterocycles. The van der Waals surface area contributed by atoms with Crippen molar-refractivity contribution in [1.29, 1.82) is 0 Å². The third-order valence-electron chi connectivity index (χ3n) is 1.70. The van der Waals surface area contributed by atoms with Gasteiger partial charge in [0.15, 0.2) is 0 Å². The molecule has 3 heteroatoms. The molecule has 0 spiro atoms. The van der Waals surface area contributed by atoms with Crippen LogP contribution in [0, 0.1) is 0 Å². The average Bonchev–Trinajstić information content (AvgIpc) is 2.11. The Morgan fingerprint density at radius 2 is 2.08 bits per heavy atom. The fourth-order valence-corrected chi connectivity index (χ4v) is 1.05. The Hall–Kier alpha value is -0.570. The molecule has 1 N–H and O–H groups in total. The molecule has 0 saturated heterocycles. The lowest BCUT2D eigenvalue weighted by atomic mass is 10.1. The number of hydrogen-bond donors (Lipinski definition) is 1. The van der Waals surface area contributed by atoms with Gasteiger partial charge in [-0.25, -0.2) is 0 Å². The van der Waals surface area contributed by atoms with Gasteiger partial charge in [-0.2, -0.15) is 0 Å². The fraction of sp³-hybridized carbons (Fsp3) is 0.889. The Kier molecular flexibility index (Phi) is 6.76. The van der Waals surface area contributed by atoms with Crippen LogP contribution >= 0.6 is 0 Å². The van der Waals surface area contributed by atoms with Gasteiger partial charge in [-0.3, -0.25) is 4.79 Å². The Balaban J connectivity index is 3.76. The number of carbonyl (C=O) groups excluding carboxylic acids is 1. The summed E-state index contributed by atoms with van der Waals surface area (Å²) in [4.78, 5) is 11.1. The lowest BCUT2D eigenvalue weighted by Crippen LogP contribution is -2.37. The van der Waals surface area contributed by atoms with E-state index in [1.807, 2.05) is 0 Å². The molecule has 0 aromatic heterocycles. The van der Waals surface area contributed by atoms with Crippen LogP contribution in [0.15, 0.2) is 0 Å². The molecular formula is C9H19NO2. The highest BCUT2D eigenvalue weighted by Crippen LogP contribution is 1.98. The van der Waals surface area contributed by atoms with Gasteiger partial charge < -0.3 is 10.1 Å². The molecule has 0 aliphatic rings. The number of ether oxygens (including phenoxy) is 1. The van der Waals surface area contributed by atoms with E-state index in [0.29, 0.717) is 0 Å². The average molecular weight is 173 g/mol. The first-order valence-electron chi connectivity index (χ1n) is 4.57. The maximum atomic E-state index is 11.1. The van der Waals surface area contributed by atoms with Crippen LogP contribution in [0.5, 0.6) is 0 Å². The number of nitrogens with one attached hydrogen (secondary N) is 1. The molecule has 0 aliphatic carbocycles. The molecule has 3 nitrogen and oxygen atoms in total. The Morgan fingerprint density at radius 3 is 2.50 bits per heavy atom. The van der Waals surface area contributed by atoms with Gasteiger partial charge in [0, 0.05) is 0 Å². The predicted molar refractivity (Wildman–Crippen MR) is 49.0 cm³/mol. The molecule has 0 rings (SSSR count). The van der Waals surface area contributed by atoms with Crippen LogP contribution in [0.25, 0.3) is 0 Å². The van der Waals surface area contributed by atoms with Gasteiger partial charge in [0.2, 0.25) is 0 Å². The maximum absolute atomic E-state index is 11.1. The van der Waals surface area contributed by atoms with Crippen molar-refractivity contribution in [2.75, 3.05) is 13.7 Å². The highest BCUT2D eigenvalue weighted by Gasteiger charge is 2.15. The molecule has 0 unspecified atom stereocenters. The van der Waals surface area contributed by atoms with Crippen molar-refractivity contribution in [1.82, 2.24) is 5.32 Å². The number of carbonyl (C=O) groups is 1. The first kappa shape index (κ1) is 11.4. The van der Waals surface area contributed by atoms with Gasteiger partial charge in [-0.05, 0) is 19.4 Å². The van der Waals surface area contributed by atoms with E-state index in [0.717, 1.165) is 25.8 Å². The third kappa shape index (κ3) is 4.34. The monoisotopic (exact) mass is 173 g/mol. The van der Waals surface area contributed by atoms with Crippen LogP contribution in [0.1, 0.15) is 33.1 Å². The highest BCUT2D eigenvalue weighted by molar-refractivity contribution is 5.75. The van der Waals surface area contributed by atoms with Crippen molar-refractivity contribution in [3.05, 3.63) is 0 Å². The molecule has 0 heterocycles. The summed E-state index contributed by atoms with van der Waals surface area (Å²) in [6.45, 7) is 5.01. The standard InChI is InChI=1S/C9H19NO2/c1-4-6-8(9(11)12-3)10-7-5-2/h8,10H,4-7H2,1-3H3/t8-/m0/s1. The molecule has 0 radical (unpaired) electrons. The third-order valence-corrected chi connectivity index (χ3v) is 1.70. The van der Waals surface area contributed by atoms with E-state index < -0.39 is 0 Å². The second-order valence-corrected chi connectivity index (χ2v) is 2.82. The summed E-state index contributed by atoms with van der Waals surface area (Å²) in [6, 6.07) is -0.111. The zero-order chi connectivity index (χ0) is 9.40. The largest absolute Gasteiger partial charge is 0.468 e. The van der Waals surface area contributed by atoms with Gasteiger partial charge in [-0.1, -0.05) is 20.3 Å². The molecule has 0 amide bonds. The van der Waals surface area contributed by atoms with Crippen molar-refractivity contribution >= 4 is 5.97 Å². The van der Waals surface area contributed by atoms with Crippen molar-refractivity contribution in [2.24, 2.45) is 0 Å². The number of esters is 1. The van der Waals surface area contributed by atoms with E-state index in [2.05, 4.69) is 23.9 Å². The molecule has 0 bridgehead atoms. The van der Waals surface area contributed by atoms with Crippen LogP contribution in [0.3, 0.4) is 0 Å². The first-order chi connectivity index (χ1) is 5.76. The summed E-state index contributed by atoms with van der Waals surface area (Å²) in [5, 5.41) is 3.15. The van der Waals surface area contributed by atoms with Gasteiger partial charge in [0.05, 0.1) is 7.11 Å². The minimum absolute atomic E-state index is 0.111. The Bertz CT molecular complexity index is 126. The molecule has 1 atom stereocenters. The van der Waals surface area contributed by atoms with E-state index in [1.54, 1.807) is 0 Å². The summed E-state index contributed by atoms with van der Waals surface area (Å²) in [7, 11) is 1.43. The lowest BCUT2D eigenvalue weighted by Gasteiger charge is -2.14. The number of hydrogen-bond acceptors (Lipinski definition) is 3. The van der Waals surface area contributed by atoms with Crippen molar-refractivity contribution < 1.29 is 9.53 Å². The first-order valence-corrected chi connectivity index (χ1v) is 4.57. The number of methoxy groups -OCH3 is 1. The highest BCUT2D eigenvalue weighted by atomic mass is 16.5. The van der Waals surface area contributed by atoms with Crippen LogP contribution in [0.4, 0.5) is 0 Å². The van der Waals surface area contributed by atoms with Crippen LogP contribution in [-0.4, -0.2) is 25.7 Å². The summed E-state index contributed by atoms with van der Waals surface area (Å²) in [5.41, 5.74) is 0. The summed E-state index contributed by atoms with van der Waals surface area (Å²) < 4.78 is 4.66. The van der Waals surface area contributed by atoms with Crippen LogP contribution < -0.4 is 5.32 Å². The zero-order valence-electron chi connectivity index (χ0n) is 8.22. The molecule has 72 valence electrons. The molecule has 0 aromatic rings. The molecule has 0 aromatic carbocycles. The minimum atomic E-state index is -0.148. The summed E-state index contributed by atoms with van der Waals surface area (Å²) >= 11 is 0. The van der Waals surface area contributed by atoms with Gasteiger partial charge >= 0.3 is 5.97 Å². The van der Waals surface area contributed by atoms with Gasteiger partial charge in [-0.15, -0.1) is 0 Å². The minimum Gasteiger partial charge on any atom is -0.468 e. The van der Waals surface area contributed by atoms with E-state index in [1.165, 1.54) is 7.11 Å². The van der Waals surface area contributed by atoms with Gasteiger partial charge in [0.25, 0.3) is 0 Å².